The fourth-order valence-electron chi connectivity index (χ4n) is 7.06. The number of halogens is 2. The van der Waals surface area contributed by atoms with E-state index in [1.165, 1.54) is 59.0 Å². The van der Waals surface area contributed by atoms with Crippen LogP contribution in [0.15, 0.2) is 76.4 Å². The highest BCUT2D eigenvalue weighted by Crippen LogP contribution is 2.33. The summed E-state index contributed by atoms with van der Waals surface area (Å²) < 4.78 is 67.7. The molecular weight excluding hydrogens is 996 g/mol. The number of hydrogen-bond acceptors (Lipinski definition) is 13. The number of rotatable bonds is 23. The second kappa shape index (κ2) is 23.1. The standard InChI is InChI=1S/C44H49FIN7O12S/c1-27-22-36(41(52(2)43(27)58)49-35-11-8-29(46)24-33(35)45)51-66(60,61)30-9-6-28(7-10-30)23-39(55)47-14-15-62-16-17-63-18-19-64-20-21-65-26-40(56)48-34-5-3-4-31-32(34)25-53(44(31)59)37-12-13-38(54)50-42(37)57/h3-11,22,24,37,49,51H,12-21,23,25-26H2,1-2H3,(H,47,55)(H,48,56)(H,50,54,57). The van der Waals surface area contributed by atoms with Crippen molar-refractivity contribution < 1.29 is 55.7 Å². The van der Waals surface area contributed by atoms with E-state index in [4.69, 9.17) is 18.9 Å². The maximum absolute atomic E-state index is 14.7. The summed E-state index contributed by atoms with van der Waals surface area (Å²) in [5.41, 5.74) is 1.97. The van der Waals surface area contributed by atoms with Crippen molar-refractivity contribution in [2.24, 2.45) is 7.05 Å². The first-order valence-electron chi connectivity index (χ1n) is 20.8. The van der Waals surface area contributed by atoms with Crippen molar-refractivity contribution in [2.45, 2.75) is 43.7 Å². The van der Waals surface area contributed by atoms with Crippen LogP contribution in [0.25, 0.3) is 0 Å². The lowest BCUT2D eigenvalue weighted by Gasteiger charge is -2.29. The number of hydrogen-bond donors (Lipinski definition) is 5. The summed E-state index contributed by atoms with van der Waals surface area (Å²) in [5.74, 6) is -2.46. The van der Waals surface area contributed by atoms with Gasteiger partial charge >= 0.3 is 0 Å². The van der Waals surface area contributed by atoms with Gasteiger partial charge in [-0.3, -0.25) is 43.4 Å². The summed E-state index contributed by atoms with van der Waals surface area (Å²) in [6.45, 7) is 3.44. The fraction of sp³-hybridized carbons (Fsp3) is 0.364. The van der Waals surface area contributed by atoms with Crippen LogP contribution in [0.5, 0.6) is 0 Å². The Labute approximate surface area is 393 Å². The number of imide groups is 1. The molecule has 1 unspecified atom stereocenters. The van der Waals surface area contributed by atoms with Crippen molar-refractivity contribution >= 4 is 85.0 Å². The minimum Gasteiger partial charge on any atom is -0.377 e. The lowest BCUT2D eigenvalue weighted by molar-refractivity contribution is -0.137. The second-order valence-corrected chi connectivity index (χ2v) is 18.1. The molecule has 0 bridgehead atoms. The van der Waals surface area contributed by atoms with Gasteiger partial charge in [0.1, 0.15) is 24.3 Å². The first kappa shape index (κ1) is 49.6. The molecule has 0 aliphatic carbocycles. The van der Waals surface area contributed by atoms with Gasteiger partial charge in [-0.15, -0.1) is 0 Å². The molecule has 2 aliphatic heterocycles. The van der Waals surface area contributed by atoms with E-state index in [0.717, 1.165) is 0 Å². The zero-order valence-corrected chi connectivity index (χ0v) is 39.1. The highest BCUT2D eigenvalue weighted by atomic mass is 127. The van der Waals surface area contributed by atoms with E-state index >= 15 is 0 Å². The minimum atomic E-state index is -4.16. The van der Waals surface area contributed by atoms with E-state index in [0.29, 0.717) is 39.2 Å². The van der Waals surface area contributed by atoms with Crippen molar-refractivity contribution in [1.82, 2.24) is 20.1 Å². The monoisotopic (exact) mass is 1050 g/mol. The maximum atomic E-state index is 14.7. The molecule has 1 fully saturated rings. The first-order chi connectivity index (χ1) is 31.6. The quantitative estimate of drug-likeness (QED) is 0.0408. The van der Waals surface area contributed by atoms with E-state index in [2.05, 4.69) is 26.0 Å². The number of amides is 5. The third-order valence-corrected chi connectivity index (χ3v) is 12.4. The summed E-state index contributed by atoms with van der Waals surface area (Å²) in [6, 6.07) is 15.8. The molecule has 4 aromatic rings. The summed E-state index contributed by atoms with van der Waals surface area (Å²) >= 11 is 1.96. The van der Waals surface area contributed by atoms with Gasteiger partial charge in [0.05, 0.1) is 68.9 Å². The third-order valence-electron chi connectivity index (χ3n) is 10.4. The number of aryl methyl sites for hydroxylation is 1. The molecule has 0 radical (unpaired) electrons. The van der Waals surface area contributed by atoms with Crippen LogP contribution in [-0.4, -0.2) is 113 Å². The summed E-state index contributed by atoms with van der Waals surface area (Å²) in [6.07, 6.45) is 0.379. The van der Waals surface area contributed by atoms with Gasteiger partial charge in [-0.25, -0.2) is 12.8 Å². The number of carbonyl (C=O) groups is 5. The molecule has 1 atom stereocenters. The summed E-state index contributed by atoms with van der Waals surface area (Å²) in [4.78, 5) is 76.0. The highest BCUT2D eigenvalue weighted by molar-refractivity contribution is 14.1. The van der Waals surface area contributed by atoms with Gasteiger partial charge in [0.25, 0.3) is 21.5 Å². The molecule has 22 heteroatoms. The zero-order chi connectivity index (χ0) is 47.4. The van der Waals surface area contributed by atoms with Crippen LogP contribution in [-0.2, 0) is 68.2 Å². The average molecular weight is 1050 g/mol. The summed E-state index contributed by atoms with van der Waals surface area (Å²) in [7, 11) is -2.72. The molecule has 2 aliphatic rings. The van der Waals surface area contributed by atoms with Crippen molar-refractivity contribution in [3.63, 3.8) is 0 Å². The van der Waals surface area contributed by atoms with Crippen LogP contribution < -0.4 is 31.5 Å². The molecule has 352 valence electrons. The van der Waals surface area contributed by atoms with Gasteiger partial charge in [0.15, 0.2) is 0 Å². The Morgan fingerprint density at radius 1 is 0.848 bits per heavy atom. The number of aromatic nitrogens is 1. The van der Waals surface area contributed by atoms with Gasteiger partial charge in [-0.2, -0.15) is 0 Å². The smallest absolute Gasteiger partial charge is 0.262 e. The maximum Gasteiger partial charge on any atom is 0.262 e. The molecule has 5 N–H and O–H groups in total. The van der Waals surface area contributed by atoms with Crippen molar-refractivity contribution in [3.05, 3.63) is 109 Å². The molecule has 19 nitrogen and oxygen atoms in total. The second-order valence-electron chi connectivity index (χ2n) is 15.1. The molecule has 1 aromatic heterocycles. The van der Waals surface area contributed by atoms with Crippen molar-refractivity contribution in [3.8, 4) is 0 Å². The molecule has 66 heavy (non-hydrogen) atoms. The van der Waals surface area contributed by atoms with Crippen LogP contribution in [0.3, 0.4) is 0 Å². The van der Waals surface area contributed by atoms with E-state index in [-0.39, 0.29) is 117 Å². The molecule has 5 amide bonds. The van der Waals surface area contributed by atoms with Gasteiger partial charge in [-0.05, 0) is 90.0 Å². The number of nitrogens with one attached hydrogen (secondary N) is 5. The van der Waals surface area contributed by atoms with Crippen LogP contribution in [0.4, 0.5) is 27.3 Å². The fourth-order valence-corrected chi connectivity index (χ4v) is 8.57. The van der Waals surface area contributed by atoms with Crippen molar-refractivity contribution in [1.29, 1.82) is 0 Å². The van der Waals surface area contributed by atoms with Crippen LogP contribution >= 0.6 is 22.6 Å². The van der Waals surface area contributed by atoms with Gasteiger partial charge in [0.2, 0.25) is 23.6 Å². The SMILES string of the molecule is Cc1cc(NS(=O)(=O)c2ccc(CC(=O)NCCOCCOCCOCCOCC(=O)Nc3cccc4c3CN(C3CCC(=O)NC3=O)C4=O)cc2)c(Nc2ccc(I)cc2F)n(C)c1=O. The van der Waals surface area contributed by atoms with Crippen LogP contribution in [0, 0.1) is 16.3 Å². The number of ether oxygens (including phenoxy) is 4. The summed E-state index contributed by atoms with van der Waals surface area (Å²) in [5, 5.41) is 10.6. The Hall–Kier alpha value is -5.79. The average Bonchev–Trinajstić information content (AvgIpc) is 3.61. The predicted octanol–water partition coefficient (Wildman–Crippen LogP) is 3.11. The number of piperidine rings is 1. The minimum absolute atomic E-state index is 0.00213. The Kier molecular flexibility index (Phi) is 17.4. The Balaban J connectivity index is 0.801. The van der Waals surface area contributed by atoms with E-state index in [9.17, 15) is 41.6 Å². The number of sulfonamides is 1. The van der Waals surface area contributed by atoms with E-state index in [1.807, 2.05) is 22.6 Å². The van der Waals surface area contributed by atoms with Gasteiger partial charge in [0, 0.05) is 52.5 Å². The first-order valence-corrected chi connectivity index (χ1v) is 23.4. The van der Waals surface area contributed by atoms with Gasteiger partial charge < -0.3 is 39.8 Å². The highest BCUT2D eigenvalue weighted by Gasteiger charge is 2.40. The predicted molar refractivity (Wildman–Crippen MR) is 247 cm³/mol. The van der Waals surface area contributed by atoms with Gasteiger partial charge in [-0.1, -0.05) is 18.2 Å². The topological polar surface area (TPSA) is 242 Å². The molecular formula is C44H49FIN7O12S. The van der Waals surface area contributed by atoms with Crippen LogP contribution in [0.1, 0.15) is 39.9 Å². The lowest BCUT2D eigenvalue weighted by atomic mass is 10.0. The molecule has 0 saturated carbocycles. The zero-order valence-electron chi connectivity index (χ0n) is 36.1. The Morgan fingerprint density at radius 3 is 2.21 bits per heavy atom. The number of anilines is 4. The van der Waals surface area contributed by atoms with E-state index in [1.54, 1.807) is 31.2 Å². The molecule has 6 rings (SSSR count). The largest absolute Gasteiger partial charge is 0.377 e. The molecule has 3 heterocycles. The van der Waals surface area contributed by atoms with E-state index < -0.39 is 39.3 Å². The molecule has 1 saturated heterocycles. The molecule has 0 spiro atoms. The van der Waals surface area contributed by atoms with Crippen LogP contribution in [0.2, 0.25) is 0 Å². The van der Waals surface area contributed by atoms with Crippen molar-refractivity contribution in [2.75, 3.05) is 74.8 Å². The number of pyridine rings is 1. The Bertz CT molecular complexity index is 2630. The number of carbonyl (C=O) groups excluding carboxylic acids is 5. The third kappa shape index (κ3) is 13.2. The Morgan fingerprint density at radius 2 is 1.53 bits per heavy atom. The number of benzene rings is 3. The number of nitrogens with zero attached hydrogens (tertiary/aromatic N) is 2. The lowest BCUT2D eigenvalue weighted by Crippen LogP contribution is -2.52. The normalized spacial score (nSPS) is 14.8. The molecule has 3 aromatic carbocycles. The number of fused-ring (bicyclic) bond motifs is 1.